The fourth-order valence-electron chi connectivity index (χ4n) is 4.18. The van der Waals surface area contributed by atoms with E-state index in [4.69, 9.17) is 4.98 Å². The van der Waals surface area contributed by atoms with Crippen LogP contribution in [0.4, 0.5) is 0 Å². The molecule has 0 spiro atoms. The summed E-state index contributed by atoms with van der Waals surface area (Å²) in [4.78, 5) is 12.0. The average molecular weight is 345 g/mol. The number of benzene rings is 4. The molecule has 0 fully saturated rings. The molecule has 27 heavy (non-hydrogen) atoms. The number of imidazole rings is 1. The minimum absolute atomic E-state index is 0.906. The van der Waals surface area contributed by atoms with Crippen LogP contribution in [0.3, 0.4) is 0 Å². The lowest BCUT2D eigenvalue weighted by Gasteiger charge is -2.05. The first-order chi connectivity index (χ1) is 13.3. The second-order valence-corrected chi connectivity index (χ2v) is 7.15. The molecule has 2 aromatic heterocycles. The fraction of sp³-hybridized carbons (Fsp3) is 0. The summed E-state index contributed by atoms with van der Waals surface area (Å²) in [5, 5.41) is 6.09. The molecule has 0 saturated heterocycles. The predicted molar refractivity (Wildman–Crippen MR) is 117 cm³/mol. The minimum Gasteiger partial charge on any atom is -0.360 e. The van der Waals surface area contributed by atoms with Gasteiger partial charge in [-0.2, -0.15) is 0 Å². The highest BCUT2D eigenvalue weighted by molar-refractivity contribution is 6.33. The summed E-state index contributed by atoms with van der Waals surface area (Å²) in [6.45, 7) is 0. The van der Waals surface area contributed by atoms with E-state index in [1.54, 1.807) is 0 Å². The van der Waals surface area contributed by atoms with Crippen LogP contribution in [0, 0.1) is 0 Å². The fourth-order valence-corrected chi connectivity index (χ4v) is 4.18. The van der Waals surface area contributed by atoms with Crippen LogP contribution in [0.5, 0.6) is 0 Å². The maximum absolute atomic E-state index is 5.04. The molecular formula is C23H16BN3. The van der Waals surface area contributed by atoms with Gasteiger partial charge in [0.25, 0.3) is 0 Å². The number of rotatable bonds is 1. The van der Waals surface area contributed by atoms with Gasteiger partial charge >= 0.3 is 0 Å². The first-order valence-corrected chi connectivity index (χ1v) is 9.17. The van der Waals surface area contributed by atoms with E-state index in [1.807, 2.05) is 6.20 Å². The lowest BCUT2D eigenvalue weighted by atomic mass is 9.94. The van der Waals surface area contributed by atoms with Crippen LogP contribution < -0.4 is 5.46 Å². The molecule has 0 aliphatic carbocycles. The Balaban J connectivity index is 1.76. The Labute approximate surface area is 156 Å². The molecule has 0 aliphatic rings. The van der Waals surface area contributed by atoms with Gasteiger partial charge in [-0.05, 0) is 16.8 Å². The first-order valence-electron chi connectivity index (χ1n) is 9.17. The summed E-state index contributed by atoms with van der Waals surface area (Å²) in [5.74, 6) is 0.906. The number of nitrogens with one attached hydrogen (secondary N) is 2. The number of aromatic nitrogens is 3. The predicted octanol–water partition coefficient (Wildman–Crippen LogP) is 4.28. The van der Waals surface area contributed by atoms with Crippen LogP contribution in [0.2, 0.25) is 0 Å². The third-order valence-corrected chi connectivity index (χ3v) is 5.46. The van der Waals surface area contributed by atoms with Crippen LogP contribution in [0.25, 0.3) is 54.9 Å². The third-order valence-electron chi connectivity index (χ3n) is 5.46. The maximum atomic E-state index is 5.04. The molecule has 0 unspecified atom stereocenters. The van der Waals surface area contributed by atoms with Crippen LogP contribution in [0.15, 0.2) is 72.9 Å². The molecular weight excluding hydrogens is 329 g/mol. The van der Waals surface area contributed by atoms with Crippen molar-refractivity contribution in [3.63, 3.8) is 0 Å². The molecule has 0 bridgehead atoms. The van der Waals surface area contributed by atoms with Crippen molar-refractivity contribution in [2.24, 2.45) is 0 Å². The van der Waals surface area contributed by atoms with Gasteiger partial charge in [0.2, 0.25) is 0 Å². The molecule has 6 rings (SSSR count). The molecule has 2 heterocycles. The van der Waals surface area contributed by atoms with Gasteiger partial charge in [-0.25, -0.2) is 4.98 Å². The molecule has 4 heteroatoms. The lowest BCUT2D eigenvalue weighted by Crippen LogP contribution is -1.99. The smallest absolute Gasteiger partial charge is 0.140 e. The van der Waals surface area contributed by atoms with Crippen molar-refractivity contribution in [2.75, 3.05) is 0 Å². The van der Waals surface area contributed by atoms with Crippen molar-refractivity contribution in [1.29, 1.82) is 0 Å². The van der Waals surface area contributed by atoms with E-state index in [9.17, 15) is 0 Å². The largest absolute Gasteiger partial charge is 0.360 e. The van der Waals surface area contributed by atoms with E-state index in [0.29, 0.717) is 0 Å². The molecule has 0 amide bonds. The van der Waals surface area contributed by atoms with E-state index < -0.39 is 0 Å². The Morgan fingerprint density at radius 3 is 2.26 bits per heavy atom. The third kappa shape index (κ3) is 2.01. The Hall–Kier alpha value is -3.53. The molecule has 3 nitrogen and oxygen atoms in total. The van der Waals surface area contributed by atoms with E-state index in [2.05, 4.69) is 84.5 Å². The summed E-state index contributed by atoms with van der Waals surface area (Å²) in [5.41, 5.74) is 5.61. The molecule has 0 radical (unpaired) electrons. The van der Waals surface area contributed by atoms with Gasteiger partial charge in [-0.3, -0.25) is 0 Å². The number of H-pyrrole nitrogens is 2. The van der Waals surface area contributed by atoms with Gasteiger partial charge < -0.3 is 9.97 Å². The van der Waals surface area contributed by atoms with E-state index in [-0.39, 0.29) is 0 Å². The Morgan fingerprint density at radius 1 is 0.741 bits per heavy atom. The number of hydrogen-bond acceptors (Lipinski definition) is 1. The van der Waals surface area contributed by atoms with Crippen LogP contribution in [-0.4, -0.2) is 22.8 Å². The standard InChI is InChI=1S/C23H16BN3/c24-13-9-10-20-18(11-13)19(12-25-20)23-26-21-16-7-3-1-5-14(16)15-6-2-4-8-17(15)22(21)27-23/h1-12,25H,24H2,(H,26,27). The molecule has 0 atom stereocenters. The van der Waals surface area contributed by atoms with E-state index in [0.717, 1.165) is 27.9 Å². The molecule has 4 aromatic carbocycles. The molecule has 6 aromatic rings. The zero-order valence-electron chi connectivity index (χ0n) is 14.9. The van der Waals surface area contributed by atoms with Gasteiger partial charge in [0.15, 0.2) is 0 Å². The molecule has 126 valence electrons. The number of hydrogen-bond donors (Lipinski definition) is 2. The highest BCUT2D eigenvalue weighted by atomic mass is 14.9. The van der Waals surface area contributed by atoms with Gasteiger partial charge in [-0.15, -0.1) is 0 Å². The van der Waals surface area contributed by atoms with Crippen molar-refractivity contribution in [1.82, 2.24) is 15.0 Å². The Kier molecular flexibility index (Phi) is 2.84. The van der Waals surface area contributed by atoms with Crippen LogP contribution in [-0.2, 0) is 0 Å². The second-order valence-electron chi connectivity index (χ2n) is 7.15. The minimum atomic E-state index is 0.906. The summed E-state index contributed by atoms with van der Waals surface area (Å²) < 4.78 is 0. The maximum Gasteiger partial charge on any atom is 0.140 e. The zero-order chi connectivity index (χ0) is 18.0. The van der Waals surface area contributed by atoms with Crippen molar-refractivity contribution < 1.29 is 0 Å². The Morgan fingerprint density at radius 2 is 1.44 bits per heavy atom. The van der Waals surface area contributed by atoms with Gasteiger partial charge in [0.1, 0.15) is 13.7 Å². The van der Waals surface area contributed by atoms with Crippen LogP contribution in [0.1, 0.15) is 0 Å². The topological polar surface area (TPSA) is 44.5 Å². The second kappa shape index (κ2) is 5.24. The van der Waals surface area contributed by atoms with Crippen molar-refractivity contribution in [3.05, 3.63) is 72.9 Å². The monoisotopic (exact) mass is 345 g/mol. The van der Waals surface area contributed by atoms with Crippen LogP contribution >= 0.6 is 0 Å². The average Bonchev–Trinajstić information content (AvgIpc) is 3.32. The Bertz CT molecular complexity index is 1420. The summed E-state index contributed by atoms with van der Waals surface area (Å²) in [6, 6.07) is 23.5. The van der Waals surface area contributed by atoms with Gasteiger partial charge in [0.05, 0.1) is 11.0 Å². The summed E-state index contributed by atoms with van der Waals surface area (Å²) in [6.07, 6.45) is 2.05. The quantitative estimate of drug-likeness (QED) is 0.339. The van der Waals surface area contributed by atoms with Gasteiger partial charge in [-0.1, -0.05) is 66.1 Å². The number of fused-ring (bicyclic) bond motifs is 7. The lowest BCUT2D eigenvalue weighted by molar-refractivity contribution is 1.34. The first kappa shape index (κ1) is 14.6. The molecule has 0 aliphatic heterocycles. The van der Waals surface area contributed by atoms with Crippen molar-refractivity contribution >= 4 is 56.8 Å². The number of nitrogens with zero attached hydrogens (tertiary/aromatic N) is 1. The number of aromatic amines is 2. The summed E-state index contributed by atoms with van der Waals surface area (Å²) >= 11 is 0. The van der Waals surface area contributed by atoms with Crippen molar-refractivity contribution in [3.8, 4) is 11.4 Å². The van der Waals surface area contributed by atoms with E-state index in [1.165, 1.54) is 32.4 Å². The molecule has 0 saturated carbocycles. The normalized spacial score (nSPS) is 11.9. The van der Waals surface area contributed by atoms with Gasteiger partial charge in [0, 0.05) is 33.4 Å². The SMILES string of the molecule is Bc1ccc2[nH]cc(-c3nc4c5ccccc5c5ccccc5c4[nH]3)c2c1. The van der Waals surface area contributed by atoms with E-state index >= 15 is 0 Å². The highest BCUT2D eigenvalue weighted by Crippen LogP contribution is 2.36. The zero-order valence-corrected chi connectivity index (χ0v) is 14.9. The summed E-state index contributed by atoms with van der Waals surface area (Å²) in [7, 11) is 2.12. The highest BCUT2D eigenvalue weighted by Gasteiger charge is 2.15. The molecule has 2 N–H and O–H groups in total. The van der Waals surface area contributed by atoms with Crippen molar-refractivity contribution in [2.45, 2.75) is 0 Å².